The second kappa shape index (κ2) is 12.7. The summed E-state index contributed by atoms with van der Waals surface area (Å²) in [5.74, 6) is -0.815. The van der Waals surface area contributed by atoms with E-state index >= 15 is 0 Å². The van der Waals surface area contributed by atoms with Crippen LogP contribution in [-0.2, 0) is 4.79 Å². The van der Waals surface area contributed by atoms with Crippen LogP contribution in [0.2, 0.25) is 0 Å². The van der Waals surface area contributed by atoms with Crippen molar-refractivity contribution in [3.63, 3.8) is 0 Å². The number of hydrogen-bond donors (Lipinski definition) is 3. The molecule has 0 aliphatic carbocycles. The summed E-state index contributed by atoms with van der Waals surface area (Å²) in [7, 11) is 0. The predicted octanol–water partition coefficient (Wildman–Crippen LogP) is -3.42. The molecule has 0 amide bonds. The van der Waals surface area contributed by atoms with Gasteiger partial charge in [-0.3, -0.25) is 4.79 Å². The zero-order valence-electron chi connectivity index (χ0n) is 5.52. The van der Waals surface area contributed by atoms with Crippen LogP contribution >= 0.6 is 25.0 Å². The Bertz CT molecular complexity index is 86.1. The predicted molar refractivity (Wildman–Crippen MR) is 38.6 cm³/mol. The number of rotatable bonds is 2. The molecule has 0 aromatic rings. The summed E-state index contributed by atoms with van der Waals surface area (Å²) in [4.78, 5) is 9.76. The van der Waals surface area contributed by atoms with Crippen LogP contribution in [0.4, 0.5) is 0 Å². The summed E-state index contributed by atoms with van der Waals surface area (Å²) >= 11 is 3.65. The Kier molecular flexibility index (Phi) is 28.5. The molecular formula is C3H9ClNNaO3S. The van der Waals surface area contributed by atoms with Crippen molar-refractivity contribution in [2.75, 3.05) is 5.75 Å². The van der Waals surface area contributed by atoms with Gasteiger partial charge in [0, 0.05) is 5.75 Å². The number of carbonyl (C=O) groups is 1. The van der Waals surface area contributed by atoms with Crippen molar-refractivity contribution < 1.29 is 44.9 Å². The van der Waals surface area contributed by atoms with E-state index in [1.165, 1.54) is 0 Å². The van der Waals surface area contributed by atoms with Crippen LogP contribution in [0.5, 0.6) is 0 Å². The zero-order valence-corrected chi connectivity index (χ0v) is 9.23. The zero-order chi connectivity index (χ0) is 5.86. The molecule has 1 atom stereocenters. The first-order chi connectivity index (χ1) is 3.18. The van der Waals surface area contributed by atoms with Gasteiger partial charge in [-0.05, 0) is 0 Å². The molecule has 0 aromatic carbocycles. The molecule has 0 spiro atoms. The maximum absolute atomic E-state index is 9.76. The van der Waals surface area contributed by atoms with Gasteiger partial charge in [0.15, 0.2) is 0 Å². The van der Waals surface area contributed by atoms with Gasteiger partial charge in [-0.2, -0.15) is 12.6 Å². The minimum absolute atomic E-state index is 0. The van der Waals surface area contributed by atoms with Crippen molar-refractivity contribution in [1.29, 1.82) is 0 Å². The third-order valence-electron chi connectivity index (χ3n) is 0.514. The molecule has 0 radical (unpaired) electrons. The van der Waals surface area contributed by atoms with Gasteiger partial charge in [-0.15, -0.1) is 12.4 Å². The SMILES string of the molecule is Cl.N[C@@H](CS)C(=O)O.[Na+].[OH-]. The van der Waals surface area contributed by atoms with Crippen molar-refractivity contribution in [3.8, 4) is 0 Å². The molecule has 0 unspecified atom stereocenters. The molecule has 0 heterocycles. The Hall–Kier alpha value is 1.03. The molecule has 4 nitrogen and oxygen atoms in total. The van der Waals surface area contributed by atoms with Gasteiger partial charge in [0.2, 0.25) is 0 Å². The van der Waals surface area contributed by atoms with E-state index in [4.69, 9.17) is 10.8 Å². The number of hydrogen-bond acceptors (Lipinski definition) is 4. The molecule has 0 saturated heterocycles. The van der Waals surface area contributed by atoms with Gasteiger partial charge in [0.25, 0.3) is 0 Å². The standard InChI is InChI=1S/C3H7NO2S.ClH.Na.H2O/c4-2(1-7)3(5)6;;;/h2,7H,1,4H2,(H,5,6);1H;;1H2/q;;+1;/p-1/t2-;;;/m0.../s1. The van der Waals surface area contributed by atoms with Gasteiger partial charge in [-0.1, -0.05) is 0 Å². The van der Waals surface area contributed by atoms with Crippen molar-refractivity contribution >= 4 is 31.0 Å². The third kappa shape index (κ3) is 11.8. The molecule has 7 heteroatoms. The van der Waals surface area contributed by atoms with E-state index in [1.807, 2.05) is 0 Å². The minimum atomic E-state index is -1.00. The average molecular weight is 198 g/mol. The van der Waals surface area contributed by atoms with Gasteiger partial charge in [-0.25, -0.2) is 0 Å². The Morgan fingerprint density at radius 2 is 2.00 bits per heavy atom. The van der Waals surface area contributed by atoms with E-state index in [-0.39, 0.29) is 53.2 Å². The Balaban J connectivity index is -0.0000000600. The molecule has 0 aliphatic heterocycles. The Morgan fingerprint density at radius 1 is 1.70 bits per heavy atom. The number of nitrogens with two attached hydrogens (primary N) is 1. The smallest absolute Gasteiger partial charge is 0.870 e. The molecule has 10 heavy (non-hydrogen) atoms. The molecule has 0 aromatic heterocycles. The van der Waals surface area contributed by atoms with E-state index < -0.39 is 12.0 Å². The van der Waals surface area contributed by atoms with Crippen LogP contribution in [0, 0.1) is 0 Å². The summed E-state index contributed by atoms with van der Waals surface area (Å²) in [6.07, 6.45) is 0. The van der Waals surface area contributed by atoms with Gasteiger partial charge in [0.1, 0.15) is 6.04 Å². The van der Waals surface area contributed by atoms with E-state index in [1.54, 1.807) is 0 Å². The number of carboxylic acids is 1. The van der Waals surface area contributed by atoms with Crippen LogP contribution in [-0.4, -0.2) is 28.3 Å². The maximum atomic E-state index is 9.76. The van der Waals surface area contributed by atoms with Gasteiger partial charge < -0.3 is 16.3 Å². The van der Waals surface area contributed by atoms with E-state index in [9.17, 15) is 4.79 Å². The van der Waals surface area contributed by atoms with E-state index in [2.05, 4.69) is 12.6 Å². The number of thiol groups is 1. The van der Waals surface area contributed by atoms with Crippen LogP contribution in [0.3, 0.4) is 0 Å². The Labute approximate surface area is 93.0 Å². The normalized spacial score (nSPS) is 9.40. The van der Waals surface area contributed by atoms with Crippen molar-refractivity contribution in [2.24, 2.45) is 5.73 Å². The molecule has 58 valence electrons. The average Bonchev–Trinajstić information content (AvgIpc) is 1.65. The minimum Gasteiger partial charge on any atom is -0.870 e. The third-order valence-corrected chi connectivity index (χ3v) is 0.907. The molecule has 0 saturated carbocycles. The van der Waals surface area contributed by atoms with E-state index in [0.717, 1.165) is 0 Å². The van der Waals surface area contributed by atoms with E-state index in [0.29, 0.717) is 0 Å². The molecular weight excluding hydrogens is 189 g/mol. The van der Waals surface area contributed by atoms with Crippen LogP contribution < -0.4 is 35.3 Å². The van der Waals surface area contributed by atoms with Gasteiger partial charge in [0.05, 0.1) is 0 Å². The quantitative estimate of drug-likeness (QED) is 0.318. The molecule has 0 rings (SSSR count). The largest absolute Gasteiger partial charge is 1.00 e. The van der Waals surface area contributed by atoms with Crippen molar-refractivity contribution in [1.82, 2.24) is 0 Å². The number of halogens is 1. The fraction of sp³-hybridized carbons (Fsp3) is 0.667. The fourth-order valence-electron chi connectivity index (χ4n) is 0.0781. The Morgan fingerprint density at radius 3 is 2.00 bits per heavy atom. The summed E-state index contributed by atoms with van der Waals surface area (Å²) in [5.41, 5.74) is 4.94. The topological polar surface area (TPSA) is 93.3 Å². The van der Waals surface area contributed by atoms with Crippen LogP contribution in [0.15, 0.2) is 0 Å². The number of carboxylic acid groups (broad SMARTS) is 1. The summed E-state index contributed by atoms with van der Waals surface area (Å²) in [6, 6.07) is -0.816. The van der Waals surface area contributed by atoms with Gasteiger partial charge >= 0.3 is 35.5 Å². The monoisotopic (exact) mass is 197 g/mol. The molecule has 0 fully saturated rings. The summed E-state index contributed by atoms with van der Waals surface area (Å²) in [6.45, 7) is 0. The van der Waals surface area contributed by atoms with Crippen LogP contribution in [0.25, 0.3) is 0 Å². The molecule has 0 aliphatic rings. The first-order valence-corrected chi connectivity index (χ1v) is 2.41. The first kappa shape index (κ1) is 22.5. The number of aliphatic carboxylic acids is 1. The second-order valence-electron chi connectivity index (χ2n) is 1.13. The van der Waals surface area contributed by atoms with Crippen LogP contribution in [0.1, 0.15) is 0 Å². The fourth-order valence-corrected chi connectivity index (χ4v) is 0.234. The molecule has 0 bridgehead atoms. The summed E-state index contributed by atoms with van der Waals surface area (Å²) in [5, 5.41) is 8.01. The maximum Gasteiger partial charge on any atom is 1.00 e. The summed E-state index contributed by atoms with van der Waals surface area (Å²) < 4.78 is 0. The molecule has 4 N–H and O–H groups in total. The van der Waals surface area contributed by atoms with Crippen molar-refractivity contribution in [2.45, 2.75) is 6.04 Å². The second-order valence-corrected chi connectivity index (χ2v) is 1.49. The first-order valence-electron chi connectivity index (χ1n) is 1.77. The van der Waals surface area contributed by atoms with Crippen molar-refractivity contribution in [3.05, 3.63) is 0 Å².